The first-order chi connectivity index (χ1) is 6.27. The Balaban J connectivity index is 2.53. The third kappa shape index (κ3) is 1.74. The van der Waals surface area contributed by atoms with E-state index in [2.05, 4.69) is 4.98 Å². The second kappa shape index (κ2) is 3.48. The number of aromatic nitrogens is 1. The maximum absolute atomic E-state index is 5.86. The molecule has 66 valence electrons. The maximum Gasteiger partial charge on any atom is 0.123 e. The lowest BCUT2D eigenvalue weighted by Crippen LogP contribution is -1.81. The van der Waals surface area contributed by atoms with Crippen LogP contribution in [-0.4, -0.2) is 4.98 Å². The van der Waals surface area contributed by atoms with E-state index in [1.54, 1.807) is 11.3 Å². The Morgan fingerprint density at radius 1 is 1.38 bits per heavy atom. The van der Waals surface area contributed by atoms with Gasteiger partial charge in [0, 0.05) is 22.2 Å². The molecule has 0 fully saturated rings. The van der Waals surface area contributed by atoms with E-state index in [0.717, 1.165) is 10.0 Å². The minimum Gasteiger partial charge on any atom is -0.245 e. The number of hydrogen-bond donors (Lipinski definition) is 0. The van der Waals surface area contributed by atoms with Gasteiger partial charge in [0.15, 0.2) is 0 Å². The molecule has 0 saturated carbocycles. The summed E-state index contributed by atoms with van der Waals surface area (Å²) in [4.78, 5) is 4.25. The van der Waals surface area contributed by atoms with Crippen LogP contribution in [0.15, 0.2) is 29.8 Å². The molecule has 1 nitrogen and oxygen atoms in total. The van der Waals surface area contributed by atoms with Gasteiger partial charge < -0.3 is 0 Å². The van der Waals surface area contributed by atoms with E-state index in [1.165, 1.54) is 11.1 Å². The number of hydrogen-bond acceptors (Lipinski definition) is 2. The Labute approximate surface area is 86.0 Å². The fraction of sp³-hybridized carbons (Fsp3) is 0.100. The maximum atomic E-state index is 5.86. The van der Waals surface area contributed by atoms with Crippen molar-refractivity contribution in [3.8, 4) is 10.6 Å². The first kappa shape index (κ1) is 8.73. The van der Waals surface area contributed by atoms with E-state index in [0.29, 0.717) is 0 Å². The summed E-state index contributed by atoms with van der Waals surface area (Å²) in [5, 5.41) is 3.80. The Bertz CT molecular complexity index is 409. The highest BCUT2D eigenvalue weighted by Crippen LogP contribution is 2.27. The molecule has 0 aliphatic carbocycles. The van der Waals surface area contributed by atoms with E-state index < -0.39 is 0 Å². The fourth-order valence-electron chi connectivity index (χ4n) is 1.22. The Hall–Kier alpha value is -0.860. The molecule has 0 aliphatic rings. The molecule has 0 radical (unpaired) electrons. The second-order valence-electron chi connectivity index (χ2n) is 2.80. The number of halogens is 1. The third-order valence-electron chi connectivity index (χ3n) is 1.85. The summed E-state index contributed by atoms with van der Waals surface area (Å²) in [7, 11) is 0. The minimum atomic E-state index is 0.776. The first-order valence-corrected chi connectivity index (χ1v) is 5.19. The van der Waals surface area contributed by atoms with Crippen LogP contribution in [0.25, 0.3) is 10.6 Å². The number of aryl methyl sites for hydroxylation is 1. The van der Waals surface area contributed by atoms with E-state index in [9.17, 15) is 0 Å². The summed E-state index contributed by atoms with van der Waals surface area (Å²) in [6.07, 6.45) is 1.81. The van der Waals surface area contributed by atoms with Crippen LogP contribution < -0.4 is 0 Å². The fourth-order valence-corrected chi connectivity index (χ4v) is 2.18. The van der Waals surface area contributed by atoms with Crippen molar-refractivity contribution in [1.29, 1.82) is 0 Å². The first-order valence-electron chi connectivity index (χ1n) is 3.93. The number of nitrogens with zero attached hydrogens (tertiary/aromatic N) is 1. The Morgan fingerprint density at radius 3 is 2.85 bits per heavy atom. The minimum absolute atomic E-state index is 0.776. The van der Waals surface area contributed by atoms with Gasteiger partial charge >= 0.3 is 0 Å². The highest BCUT2D eigenvalue weighted by molar-refractivity contribution is 7.13. The molecule has 1 aromatic heterocycles. The van der Waals surface area contributed by atoms with Crippen molar-refractivity contribution < 1.29 is 0 Å². The third-order valence-corrected chi connectivity index (χ3v) is 2.89. The molecular formula is C10H8ClNS. The largest absolute Gasteiger partial charge is 0.245 e. The monoisotopic (exact) mass is 209 g/mol. The zero-order valence-corrected chi connectivity index (χ0v) is 8.69. The number of benzene rings is 1. The normalized spacial score (nSPS) is 10.3. The average Bonchev–Trinajstić information content (AvgIpc) is 2.56. The molecule has 2 aromatic rings. The van der Waals surface area contributed by atoms with E-state index in [-0.39, 0.29) is 0 Å². The molecule has 2 rings (SSSR count). The molecule has 13 heavy (non-hydrogen) atoms. The smallest absolute Gasteiger partial charge is 0.123 e. The quantitative estimate of drug-likeness (QED) is 0.697. The lowest BCUT2D eigenvalue weighted by molar-refractivity contribution is 1.38. The van der Waals surface area contributed by atoms with Gasteiger partial charge in [-0.15, -0.1) is 11.3 Å². The second-order valence-corrected chi connectivity index (χ2v) is 4.13. The van der Waals surface area contributed by atoms with Crippen LogP contribution in [0, 0.1) is 6.92 Å². The predicted molar refractivity (Wildman–Crippen MR) is 57.3 cm³/mol. The summed E-state index contributed by atoms with van der Waals surface area (Å²) < 4.78 is 0. The van der Waals surface area contributed by atoms with Gasteiger partial charge in [-0.2, -0.15) is 0 Å². The molecule has 0 spiro atoms. The van der Waals surface area contributed by atoms with Crippen molar-refractivity contribution in [2.75, 3.05) is 0 Å². The van der Waals surface area contributed by atoms with Crippen molar-refractivity contribution in [1.82, 2.24) is 4.98 Å². The highest BCUT2D eigenvalue weighted by atomic mass is 35.5. The molecule has 0 unspecified atom stereocenters. The van der Waals surface area contributed by atoms with Gasteiger partial charge in [0.25, 0.3) is 0 Å². The van der Waals surface area contributed by atoms with Crippen molar-refractivity contribution in [2.24, 2.45) is 0 Å². The standard InChI is InChI=1S/C10H8ClNS/c1-7-6-8(11)2-3-9(7)10-12-4-5-13-10/h2-6H,1H3. The van der Waals surface area contributed by atoms with Crippen LogP contribution >= 0.6 is 22.9 Å². The summed E-state index contributed by atoms with van der Waals surface area (Å²) in [6, 6.07) is 5.86. The molecule has 1 aromatic carbocycles. The van der Waals surface area contributed by atoms with Crippen LogP contribution in [0.2, 0.25) is 5.02 Å². The molecule has 0 amide bonds. The van der Waals surface area contributed by atoms with Crippen molar-refractivity contribution >= 4 is 22.9 Å². The van der Waals surface area contributed by atoms with Crippen LogP contribution in [-0.2, 0) is 0 Å². The Kier molecular flexibility index (Phi) is 2.34. The lowest BCUT2D eigenvalue weighted by atomic mass is 10.1. The van der Waals surface area contributed by atoms with Crippen LogP contribution in [0.1, 0.15) is 5.56 Å². The SMILES string of the molecule is Cc1cc(Cl)ccc1-c1nccs1. The summed E-state index contributed by atoms with van der Waals surface area (Å²) >= 11 is 7.50. The molecule has 0 bridgehead atoms. The van der Waals surface area contributed by atoms with Gasteiger partial charge in [0.05, 0.1) is 0 Å². The molecular weight excluding hydrogens is 202 g/mol. The predicted octanol–water partition coefficient (Wildman–Crippen LogP) is 3.77. The van der Waals surface area contributed by atoms with E-state index in [4.69, 9.17) is 11.6 Å². The Morgan fingerprint density at radius 2 is 2.23 bits per heavy atom. The topological polar surface area (TPSA) is 12.9 Å². The van der Waals surface area contributed by atoms with E-state index in [1.807, 2.05) is 36.7 Å². The molecule has 1 heterocycles. The molecule has 0 aliphatic heterocycles. The summed E-state index contributed by atoms with van der Waals surface area (Å²) in [5.74, 6) is 0. The van der Waals surface area contributed by atoms with Crippen molar-refractivity contribution in [3.05, 3.63) is 40.4 Å². The highest BCUT2D eigenvalue weighted by Gasteiger charge is 2.03. The molecule has 0 atom stereocenters. The molecule has 0 N–H and O–H groups in total. The summed E-state index contributed by atoms with van der Waals surface area (Å²) in [6.45, 7) is 2.04. The number of thiazole rings is 1. The zero-order chi connectivity index (χ0) is 9.26. The average molecular weight is 210 g/mol. The van der Waals surface area contributed by atoms with Crippen LogP contribution in [0.4, 0.5) is 0 Å². The van der Waals surface area contributed by atoms with Gasteiger partial charge in [0.2, 0.25) is 0 Å². The number of rotatable bonds is 1. The van der Waals surface area contributed by atoms with Gasteiger partial charge in [-0.25, -0.2) is 4.98 Å². The van der Waals surface area contributed by atoms with Crippen molar-refractivity contribution in [2.45, 2.75) is 6.92 Å². The van der Waals surface area contributed by atoms with E-state index >= 15 is 0 Å². The molecule has 3 heteroatoms. The van der Waals surface area contributed by atoms with Gasteiger partial charge in [-0.05, 0) is 24.6 Å². The summed E-state index contributed by atoms with van der Waals surface area (Å²) in [5.41, 5.74) is 2.34. The molecule has 0 saturated heterocycles. The van der Waals surface area contributed by atoms with Crippen molar-refractivity contribution in [3.63, 3.8) is 0 Å². The lowest BCUT2D eigenvalue weighted by Gasteiger charge is -2.01. The van der Waals surface area contributed by atoms with Gasteiger partial charge in [-0.3, -0.25) is 0 Å². The van der Waals surface area contributed by atoms with Crippen LogP contribution in [0.3, 0.4) is 0 Å². The van der Waals surface area contributed by atoms with Gasteiger partial charge in [0.1, 0.15) is 5.01 Å². The van der Waals surface area contributed by atoms with Crippen LogP contribution in [0.5, 0.6) is 0 Å². The zero-order valence-electron chi connectivity index (χ0n) is 7.12. The van der Waals surface area contributed by atoms with Gasteiger partial charge in [-0.1, -0.05) is 17.7 Å².